The number of methoxy groups -OCH3 is 1. The fourth-order valence-corrected chi connectivity index (χ4v) is 1.34. The molecular formula is C11H19N3O2. The Morgan fingerprint density at radius 3 is 3.00 bits per heavy atom. The molecular weight excluding hydrogens is 206 g/mol. The van der Waals surface area contributed by atoms with Crippen molar-refractivity contribution in [3.05, 3.63) is 30.1 Å². The van der Waals surface area contributed by atoms with Gasteiger partial charge >= 0.3 is 0 Å². The average molecular weight is 225 g/mol. The summed E-state index contributed by atoms with van der Waals surface area (Å²) in [5.41, 5.74) is 3.87. The van der Waals surface area contributed by atoms with E-state index in [0.717, 1.165) is 12.0 Å². The van der Waals surface area contributed by atoms with E-state index in [1.54, 1.807) is 13.3 Å². The number of aromatic nitrogens is 1. The molecule has 0 spiro atoms. The zero-order chi connectivity index (χ0) is 11.6. The molecule has 0 amide bonds. The van der Waals surface area contributed by atoms with E-state index in [0.29, 0.717) is 19.8 Å². The molecule has 0 aliphatic carbocycles. The molecule has 0 fully saturated rings. The fourth-order valence-electron chi connectivity index (χ4n) is 1.34. The van der Waals surface area contributed by atoms with E-state index in [2.05, 4.69) is 10.4 Å². The van der Waals surface area contributed by atoms with Crippen LogP contribution in [0.2, 0.25) is 0 Å². The quantitative estimate of drug-likeness (QED) is 0.373. The number of hydrazine groups is 1. The molecule has 0 aromatic carbocycles. The van der Waals surface area contributed by atoms with Gasteiger partial charge in [0.05, 0.1) is 19.8 Å². The van der Waals surface area contributed by atoms with Crippen LogP contribution in [-0.2, 0) is 15.9 Å². The van der Waals surface area contributed by atoms with Crippen molar-refractivity contribution in [3.63, 3.8) is 0 Å². The maximum absolute atomic E-state index is 5.45. The Morgan fingerprint density at radius 1 is 1.50 bits per heavy atom. The van der Waals surface area contributed by atoms with Crippen molar-refractivity contribution < 1.29 is 9.47 Å². The summed E-state index contributed by atoms with van der Waals surface area (Å²) < 4.78 is 10.3. The van der Waals surface area contributed by atoms with Gasteiger partial charge in [-0.1, -0.05) is 6.07 Å². The van der Waals surface area contributed by atoms with Gasteiger partial charge in [0.1, 0.15) is 0 Å². The monoisotopic (exact) mass is 225 g/mol. The van der Waals surface area contributed by atoms with E-state index in [4.69, 9.17) is 15.3 Å². The van der Waals surface area contributed by atoms with Crippen LogP contribution in [0.1, 0.15) is 5.56 Å². The van der Waals surface area contributed by atoms with Gasteiger partial charge in [-0.3, -0.25) is 16.3 Å². The summed E-state index contributed by atoms with van der Waals surface area (Å²) in [6.45, 7) is 1.75. The molecule has 5 heteroatoms. The Hall–Kier alpha value is -1.01. The minimum absolute atomic E-state index is 0.0982. The molecule has 1 aromatic heterocycles. The molecule has 0 aliphatic rings. The molecule has 0 bridgehead atoms. The summed E-state index contributed by atoms with van der Waals surface area (Å²) in [6, 6.07) is 4.03. The largest absolute Gasteiger partial charge is 0.382 e. The number of ether oxygens (including phenoxy) is 2. The molecule has 3 N–H and O–H groups in total. The van der Waals surface area contributed by atoms with Gasteiger partial charge in [-0.2, -0.15) is 0 Å². The Bertz CT molecular complexity index is 269. The molecule has 16 heavy (non-hydrogen) atoms. The number of nitrogens with zero attached hydrogens (tertiary/aromatic N) is 1. The van der Waals surface area contributed by atoms with Crippen molar-refractivity contribution in [2.24, 2.45) is 5.84 Å². The van der Waals surface area contributed by atoms with Crippen molar-refractivity contribution in [1.82, 2.24) is 10.4 Å². The third-order valence-corrected chi connectivity index (χ3v) is 2.19. The van der Waals surface area contributed by atoms with E-state index in [-0.39, 0.29) is 6.04 Å². The SMILES string of the molecule is COCCOCC(Cc1cccnc1)NN. The van der Waals surface area contributed by atoms with Gasteiger partial charge in [-0.15, -0.1) is 0 Å². The number of hydrogen-bond acceptors (Lipinski definition) is 5. The maximum Gasteiger partial charge on any atom is 0.0701 e. The molecule has 0 aliphatic heterocycles. The number of nitrogens with two attached hydrogens (primary N) is 1. The van der Waals surface area contributed by atoms with Gasteiger partial charge in [0.25, 0.3) is 0 Å². The van der Waals surface area contributed by atoms with E-state index in [1.807, 2.05) is 18.3 Å². The van der Waals surface area contributed by atoms with E-state index in [9.17, 15) is 0 Å². The van der Waals surface area contributed by atoms with Crippen molar-refractivity contribution in [3.8, 4) is 0 Å². The Balaban J connectivity index is 2.26. The van der Waals surface area contributed by atoms with Crippen LogP contribution < -0.4 is 11.3 Å². The predicted molar refractivity (Wildman–Crippen MR) is 61.7 cm³/mol. The van der Waals surface area contributed by atoms with Gasteiger partial charge in [-0.05, 0) is 18.1 Å². The van der Waals surface area contributed by atoms with Crippen LogP contribution in [-0.4, -0.2) is 38.0 Å². The lowest BCUT2D eigenvalue weighted by atomic mass is 10.1. The third-order valence-electron chi connectivity index (χ3n) is 2.19. The normalized spacial score (nSPS) is 12.6. The van der Waals surface area contributed by atoms with Crippen LogP contribution in [0.15, 0.2) is 24.5 Å². The summed E-state index contributed by atoms with van der Waals surface area (Å²) in [5, 5.41) is 0. The molecule has 1 atom stereocenters. The van der Waals surface area contributed by atoms with Crippen LogP contribution in [0.5, 0.6) is 0 Å². The topological polar surface area (TPSA) is 69.4 Å². The second kappa shape index (κ2) is 8.18. The Labute approximate surface area is 95.9 Å². The predicted octanol–water partition coefficient (Wildman–Crippen LogP) is 0.119. The van der Waals surface area contributed by atoms with Crippen LogP contribution >= 0.6 is 0 Å². The number of pyridine rings is 1. The molecule has 90 valence electrons. The molecule has 5 nitrogen and oxygen atoms in total. The minimum Gasteiger partial charge on any atom is -0.382 e. The first-order valence-electron chi connectivity index (χ1n) is 5.28. The lowest BCUT2D eigenvalue weighted by molar-refractivity contribution is 0.0587. The van der Waals surface area contributed by atoms with Crippen LogP contribution in [0, 0.1) is 0 Å². The van der Waals surface area contributed by atoms with Crippen molar-refractivity contribution in [2.75, 3.05) is 26.9 Å². The van der Waals surface area contributed by atoms with E-state index < -0.39 is 0 Å². The molecule has 1 rings (SSSR count). The van der Waals surface area contributed by atoms with Crippen molar-refractivity contribution in [1.29, 1.82) is 0 Å². The lowest BCUT2D eigenvalue weighted by Gasteiger charge is -2.15. The number of hydrogen-bond donors (Lipinski definition) is 2. The van der Waals surface area contributed by atoms with Crippen LogP contribution in [0.4, 0.5) is 0 Å². The molecule has 1 heterocycles. The first-order chi connectivity index (χ1) is 7.86. The Morgan fingerprint density at radius 2 is 2.38 bits per heavy atom. The maximum atomic E-state index is 5.45. The highest BCUT2D eigenvalue weighted by Crippen LogP contribution is 2.01. The highest BCUT2D eigenvalue weighted by molar-refractivity contribution is 5.10. The van der Waals surface area contributed by atoms with Crippen molar-refractivity contribution in [2.45, 2.75) is 12.5 Å². The highest BCUT2D eigenvalue weighted by atomic mass is 16.5. The smallest absolute Gasteiger partial charge is 0.0701 e. The summed E-state index contributed by atoms with van der Waals surface area (Å²) >= 11 is 0. The fraction of sp³-hybridized carbons (Fsp3) is 0.545. The molecule has 0 radical (unpaired) electrons. The number of nitrogens with one attached hydrogen (secondary N) is 1. The van der Waals surface area contributed by atoms with Gasteiger partial charge < -0.3 is 9.47 Å². The highest BCUT2D eigenvalue weighted by Gasteiger charge is 2.07. The standard InChI is InChI=1S/C11H19N3O2/c1-15-5-6-16-9-11(14-12)7-10-3-2-4-13-8-10/h2-4,8,11,14H,5-7,9,12H2,1H3. The summed E-state index contributed by atoms with van der Waals surface area (Å²) in [7, 11) is 1.65. The Kier molecular flexibility index (Phi) is 6.67. The van der Waals surface area contributed by atoms with Gasteiger partial charge in [0.15, 0.2) is 0 Å². The third kappa shape index (κ3) is 5.18. The second-order valence-electron chi connectivity index (χ2n) is 3.50. The first kappa shape index (κ1) is 13.1. The average Bonchev–Trinajstić information content (AvgIpc) is 2.34. The summed E-state index contributed by atoms with van der Waals surface area (Å²) in [5.74, 6) is 5.45. The number of rotatable bonds is 8. The lowest BCUT2D eigenvalue weighted by Crippen LogP contribution is -2.40. The molecule has 0 saturated heterocycles. The first-order valence-corrected chi connectivity index (χ1v) is 5.28. The van der Waals surface area contributed by atoms with Crippen LogP contribution in [0.3, 0.4) is 0 Å². The summed E-state index contributed by atoms with van der Waals surface area (Å²) in [4.78, 5) is 4.05. The van der Waals surface area contributed by atoms with Gasteiger partial charge in [-0.25, -0.2) is 0 Å². The van der Waals surface area contributed by atoms with Gasteiger partial charge in [0.2, 0.25) is 0 Å². The van der Waals surface area contributed by atoms with E-state index in [1.165, 1.54) is 0 Å². The molecule has 0 saturated carbocycles. The zero-order valence-corrected chi connectivity index (χ0v) is 9.56. The van der Waals surface area contributed by atoms with E-state index >= 15 is 0 Å². The second-order valence-corrected chi connectivity index (χ2v) is 3.50. The zero-order valence-electron chi connectivity index (χ0n) is 9.56. The van der Waals surface area contributed by atoms with Gasteiger partial charge in [0, 0.05) is 25.5 Å². The molecule has 1 aromatic rings. The molecule has 1 unspecified atom stereocenters. The summed E-state index contributed by atoms with van der Waals surface area (Å²) in [6.07, 6.45) is 4.39. The minimum atomic E-state index is 0.0982. The van der Waals surface area contributed by atoms with Crippen molar-refractivity contribution >= 4 is 0 Å². The van der Waals surface area contributed by atoms with Crippen LogP contribution in [0.25, 0.3) is 0 Å².